The molecule has 28 heavy (non-hydrogen) atoms. The molecule has 0 bridgehead atoms. The molecule has 7 nitrogen and oxygen atoms in total. The lowest BCUT2D eigenvalue weighted by Crippen LogP contribution is -2.47. The van der Waals surface area contributed by atoms with Gasteiger partial charge in [0.25, 0.3) is 0 Å². The summed E-state index contributed by atoms with van der Waals surface area (Å²) in [6.07, 6.45) is 3.31. The van der Waals surface area contributed by atoms with Crippen LogP contribution >= 0.6 is 0 Å². The molecule has 0 aliphatic heterocycles. The maximum Gasteiger partial charge on any atom is 0.315 e. The molecule has 1 unspecified atom stereocenters. The van der Waals surface area contributed by atoms with E-state index in [1.807, 2.05) is 54.9 Å². The Morgan fingerprint density at radius 3 is 2.54 bits per heavy atom. The number of amides is 2. The van der Waals surface area contributed by atoms with Gasteiger partial charge in [-0.3, -0.25) is 4.79 Å². The summed E-state index contributed by atoms with van der Waals surface area (Å²) in [6, 6.07) is 11.8. The average molecular weight is 384 g/mol. The Morgan fingerprint density at radius 2 is 1.89 bits per heavy atom. The van der Waals surface area contributed by atoms with Crippen LogP contribution < -0.4 is 10.6 Å². The maximum absolute atomic E-state index is 12.3. The van der Waals surface area contributed by atoms with Crippen LogP contribution in [0.25, 0.3) is 5.69 Å². The summed E-state index contributed by atoms with van der Waals surface area (Å²) < 4.78 is 1.92. The Kier molecular flexibility index (Phi) is 6.34. The van der Waals surface area contributed by atoms with Crippen LogP contribution in [0.5, 0.6) is 0 Å². The quantitative estimate of drug-likeness (QED) is 0.713. The molecule has 1 aliphatic carbocycles. The second-order valence-electron chi connectivity index (χ2n) is 7.63. The zero-order valence-electron chi connectivity index (χ0n) is 16.4. The number of carbonyl (C=O) groups is 2. The number of benzene rings is 1. The number of nitrogens with one attached hydrogen (secondary N) is 2. The molecule has 150 valence electrons. The first kappa shape index (κ1) is 19.9. The SMILES string of the molecule is Cc1cc(CC(C)NC(=O)NC2CCC(C(=O)O)CC2)n(-c2ccccc2)n1. The monoisotopic (exact) mass is 384 g/mol. The van der Waals surface area contributed by atoms with Crippen molar-refractivity contribution >= 4 is 12.0 Å². The number of hydrogen-bond acceptors (Lipinski definition) is 3. The largest absolute Gasteiger partial charge is 0.481 e. The molecule has 0 spiro atoms. The fraction of sp³-hybridized carbons (Fsp3) is 0.476. The molecule has 1 aromatic heterocycles. The number of carboxylic acid groups (broad SMARTS) is 1. The highest BCUT2D eigenvalue weighted by molar-refractivity contribution is 5.74. The fourth-order valence-corrected chi connectivity index (χ4v) is 3.79. The van der Waals surface area contributed by atoms with Crippen molar-refractivity contribution in [1.82, 2.24) is 20.4 Å². The van der Waals surface area contributed by atoms with Crippen LogP contribution in [-0.4, -0.2) is 39.0 Å². The number of urea groups is 1. The van der Waals surface area contributed by atoms with Crippen molar-refractivity contribution in [2.45, 2.75) is 58.0 Å². The minimum Gasteiger partial charge on any atom is -0.481 e. The Bertz CT molecular complexity index is 810. The van der Waals surface area contributed by atoms with Crippen LogP contribution in [0.4, 0.5) is 4.79 Å². The third-order valence-electron chi connectivity index (χ3n) is 5.21. The van der Waals surface area contributed by atoms with Crippen molar-refractivity contribution in [2.75, 3.05) is 0 Å². The van der Waals surface area contributed by atoms with Gasteiger partial charge < -0.3 is 15.7 Å². The fourth-order valence-electron chi connectivity index (χ4n) is 3.79. The summed E-state index contributed by atoms with van der Waals surface area (Å²) in [5.74, 6) is -1.01. The predicted octanol–water partition coefficient (Wildman–Crippen LogP) is 3.05. The molecule has 3 N–H and O–H groups in total. The normalized spacial score (nSPS) is 20.4. The lowest BCUT2D eigenvalue weighted by Gasteiger charge is -2.27. The van der Waals surface area contributed by atoms with E-state index >= 15 is 0 Å². The van der Waals surface area contributed by atoms with E-state index in [9.17, 15) is 9.59 Å². The van der Waals surface area contributed by atoms with Gasteiger partial charge in [-0.25, -0.2) is 9.48 Å². The van der Waals surface area contributed by atoms with Crippen LogP contribution in [0, 0.1) is 12.8 Å². The van der Waals surface area contributed by atoms with Crippen molar-refractivity contribution in [2.24, 2.45) is 5.92 Å². The number of para-hydroxylation sites is 1. The number of aryl methyl sites for hydroxylation is 1. The van der Waals surface area contributed by atoms with Gasteiger partial charge in [-0.05, 0) is 57.7 Å². The Labute approximate surface area is 165 Å². The topological polar surface area (TPSA) is 96.3 Å². The number of carboxylic acids is 1. The zero-order chi connectivity index (χ0) is 20.1. The van der Waals surface area contributed by atoms with Crippen molar-refractivity contribution in [1.29, 1.82) is 0 Å². The molecule has 1 saturated carbocycles. The second kappa shape index (κ2) is 8.91. The first-order valence-electron chi connectivity index (χ1n) is 9.83. The standard InChI is InChI=1S/C21H28N4O3/c1-14(22-21(28)23-17-10-8-16(9-11-17)20(26)27)12-19-13-15(2)24-25(19)18-6-4-3-5-7-18/h3-7,13-14,16-17H,8-12H2,1-2H3,(H,26,27)(H2,22,23,28). The van der Waals surface area contributed by atoms with E-state index in [0.717, 1.165) is 17.1 Å². The van der Waals surface area contributed by atoms with Gasteiger partial charge >= 0.3 is 12.0 Å². The van der Waals surface area contributed by atoms with Crippen LogP contribution in [-0.2, 0) is 11.2 Å². The maximum atomic E-state index is 12.3. The van der Waals surface area contributed by atoms with E-state index in [-0.39, 0.29) is 24.0 Å². The van der Waals surface area contributed by atoms with Crippen molar-refractivity contribution in [3.63, 3.8) is 0 Å². The zero-order valence-corrected chi connectivity index (χ0v) is 16.4. The van der Waals surface area contributed by atoms with E-state index in [1.165, 1.54) is 0 Å². The van der Waals surface area contributed by atoms with Gasteiger partial charge in [-0.1, -0.05) is 18.2 Å². The summed E-state index contributed by atoms with van der Waals surface area (Å²) in [4.78, 5) is 23.4. The molecular formula is C21H28N4O3. The second-order valence-corrected chi connectivity index (χ2v) is 7.63. The molecule has 0 saturated heterocycles. The molecule has 1 aliphatic rings. The smallest absolute Gasteiger partial charge is 0.315 e. The van der Waals surface area contributed by atoms with E-state index in [0.29, 0.717) is 32.1 Å². The predicted molar refractivity (Wildman–Crippen MR) is 107 cm³/mol. The highest BCUT2D eigenvalue weighted by Gasteiger charge is 2.27. The van der Waals surface area contributed by atoms with Crippen molar-refractivity contribution in [3.05, 3.63) is 47.8 Å². The minimum atomic E-state index is -0.734. The summed E-state index contributed by atoms with van der Waals surface area (Å²) in [5.41, 5.74) is 2.97. The molecule has 1 fully saturated rings. The van der Waals surface area contributed by atoms with Crippen LogP contribution in [0.3, 0.4) is 0 Å². The van der Waals surface area contributed by atoms with Crippen molar-refractivity contribution in [3.8, 4) is 5.69 Å². The third kappa shape index (κ3) is 5.12. The Hall–Kier alpha value is -2.83. The molecule has 1 heterocycles. The summed E-state index contributed by atoms with van der Waals surface area (Å²) in [6.45, 7) is 3.93. The Morgan fingerprint density at radius 1 is 1.21 bits per heavy atom. The molecule has 7 heteroatoms. The average Bonchev–Trinajstić information content (AvgIpc) is 3.02. The molecule has 1 atom stereocenters. The number of hydrogen-bond donors (Lipinski definition) is 3. The minimum absolute atomic E-state index is 0.0416. The van der Waals surface area contributed by atoms with E-state index < -0.39 is 5.97 Å². The molecule has 1 aromatic carbocycles. The van der Waals surface area contributed by atoms with Gasteiger partial charge in [0.1, 0.15) is 0 Å². The van der Waals surface area contributed by atoms with Crippen LogP contribution in [0.1, 0.15) is 44.0 Å². The molecule has 0 radical (unpaired) electrons. The highest BCUT2D eigenvalue weighted by atomic mass is 16.4. The third-order valence-corrected chi connectivity index (χ3v) is 5.21. The summed E-state index contributed by atoms with van der Waals surface area (Å²) in [7, 11) is 0. The number of rotatable bonds is 6. The van der Waals surface area contributed by atoms with E-state index in [1.54, 1.807) is 0 Å². The van der Waals surface area contributed by atoms with Gasteiger partial charge in [-0.2, -0.15) is 5.10 Å². The lowest BCUT2D eigenvalue weighted by atomic mass is 9.86. The number of aromatic nitrogens is 2. The van der Waals surface area contributed by atoms with Gasteiger partial charge in [0.2, 0.25) is 0 Å². The summed E-state index contributed by atoms with van der Waals surface area (Å²) >= 11 is 0. The molecule has 2 amide bonds. The van der Waals surface area contributed by atoms with Crippen LogP contribution in [0.15, 0.2) is 36.4 Å². The highest BCUT2D eigenvalue weighted by Crippen LogP contribution is 2.24. The van der Waals surface area contributed by atoms with E-state index in [2.05, 4.69) is 15.7 Å². The molecule has 3 rings (SSSR count). The number of aliphatic carboxylic acids is 1. The molecule has 2 aromatic rings. The van der Waals surface area contributed by atoms with Gasteiger partial charge in [0, 0.05) is 24.2 Å². The van der Waals surface area contributed by atoms with Gasteiger partial charge in [0.15, 0.2) is 0 Å². The number of nitrogens with zero attached hydrogens (tertiary/aromatic N) is 2. The van der Waals surface area contributed by atoms with Gasteiger partial charge in [0.05, 0.1) is 17.3 Å². The Balaban J connectivity index is 1.53. The molecular weight excluding hydrogens is 356 g/mol. The number of carbonyl (C=O) groups excluding carboxylic acids is 1. The van der Waals surface area contributed by atoms with Crippen molar-refractivity contribution < 1.29 is 14.7 Å². The lowest BCUT2D eigenvalue weighted by molar-refractivity contribution is -0.142. The first-order chi connectivity index (χ1) is 13.4. The van der Waals surface area contributed by atoms with Gasteiger partial charge in [-0.15, -0.1) is 0 Å². The summed E-state index contributed by atoms with van der Waals surface area (Å²) in [5, 5.41) is 19.6. The van der Waals surface area contributed by atoms with Crippen LogP contribution in [0.2, 0.25) is 0 Å². The first-order valence-corrected chi connectivity index (χ1v) is 9.83. The van der Waals surface area contributed by atoms with E-state index in [4.69, 9.17) is 5.11 Å².